The molecule has 28 heavy (non-hydrogen) atoms. The third kappa shape index (κ3) is 2.95. The molecule has 4 rings (SSSR count). The number of sulfone groups is 1. The average Bonchev–Trinajstić information content (AvgIpc) is 2.71. The van der Waals surface area contributed by atoms with Gasteiger partial charge < -0.3 is 10.6 Å². The van der Waals surface area contributed by atoms with Gasteiger partial charge in [-0.3, -0.25) is 9.59 Å². The Morgan fingerprint density at radius 1 is 1.07 bits per heavy atom. The summed E-state index contributed by atoms with van der Waals surface area (Å²) in [6.07, 6.45) is 1.66. The lowest BCUT2D eigenvalue weighted by atomic mass is 9.90. The molecular weight excluding hydrogens is 376 g/mol. The number of hydrogen-bond donors (Lipinski definition) is 1. The molecule has 2 heterocycles. The summed E-state index contributed by atoms with van der Waals surface area (Å²) in [5, 5.41) is 0. The van der Waals surface area contributed by atoms with Crippen molar-refractivity contribution in [3.63, 3.8) is 0 Å². The lowest BCUT2D eigenvalue weighted by molar-refractivity contribution is 0.0680. The van der Waals surface area contributed by atoms with E-state index in [1.54, 1.807) is 23.1 Å². The largest absolute Gasteiger partial charge is 0.339 e. The first-order valence-electron chi connectivity index (χ1n) is 9.38. The minimum Gasteiger partial charge on any atom is -0.339 e. The van der Waals surface area contributed by atoms with Gasteiger partial charge in [-0.05, 0) is 56.0 Å². The van der Waals surface area contributed by atoms with E-state index in [1.165, 1.54) is 24.3 Å². The number of hydrogen-bond acceptors (Lipinski definition) is 5. The van der Waals surface area contributed by atoms with Gasteiger partial charge in [0.1, 0.15) is 0 Å². The molecule has 2 aliphatic rings. The van der Waals surface area contributed by atoms with Crippen molar-refractivity contribution in [2.45, 2.75) is 35.6 Å². The van der Waals surface area contributed by atoms with Gasteiger partial charge in [0.05, 0.1) is 9.79 Å². The summed E-state index contributed by atoms with van der Waals surface area (Å²) in [6.45, 7) is 3.17. The van der Waals surface area contributed by atoms with Crippen LogP contribution in [-0.4, -0.2) is 44.1 Å². The summed E-state index contributed by atoms with van der Waals surface area (Å²) in [5.74, 6) is -0.160. The molecule has 0 aromatic heterocycles. The average molecular weight is 398 g/mol. The summed E-state index contributed by atoms with van der Waals surface area (Å²) < 4.78 is 26.0. The van der Waals surface area contributed by atoms with E-state index in [1.807, 2.05) is 6.92 Å². The zero-order valence-electron chi connectivity index (χ0n) is 15.6. The first-order chi connectivity index (χ1) is 13.3. The number of carbonyl (C=O) groups is 2. The molecule has 2 aliphatic heterocycles. The van der Waals surface area contributed by atoms with E-state index >= 15 is 0 Å². The maximum absolute atomic E-state index is 13.0. The molecule has 0 bridgehead atoms. The van der Waals surface area contributed by atoms with Gasteiger partial charge >= 0.3 is 0 Å². The predicted molar refractivity (Wildman–Crippen MR) is 104 cm³/mol. The molecule has 1 amide bonds. The molecule has 1 atom stereocenters. The Morgan fingerprint density at radius 3 is 2.39 bits per heavy atom. The van der Waals surface area contributed by atoms with Crippen molar-refractivity contribution in [1.29, 1.82) is 0 Å². The molecule has 146 valence electrons. The molecule has 6 nitrogen and oxygen atoms in total. The highest BCUT2D eigenvalue weighted by Gasteiger charge is 2.35. The Labute approximate surface area is 164 Å². The predicted octanol–water partition coefficient (Wildman–Crippen LogP) is 2.26. The van der Waals surface area contributed by atoms with Gasteiger partial charge in [0.15, 0.2) is 5.78 Å². The third-order valence-electron chi connectivity index (χ3n) is 5.75. The second kappa shape index (κ2) is 6.83. The van der Waals surface area contributed by atoms with Gasteiger partial charge in [0, 0.05) is 35.8 Å². The molecule has 1 fully saturated rings. The number of carbonyl (C=O) groups excluding carboxylic acids is 2. The normalized spacial score (nSPS) is 19.6. The van der Waals surface area contributed by atoms with E-state index in [9.17, 15) is 18.0 Å². The molecule has 7 heteroatoms. The monoisotopic (exact) mass is 398 g/mol. The number of rotatable bonds is 2. The molecule has 0 spiro atoms. The van der Waals surface area contributed by atoms with Crippen molar-refractivity contribution < 1.29 is 18.0 Å². The highest BCUT2D eigenvalue weighted by Crippen LogP contribution is 2.35. The smallest absolute Gasteiger partial charge is 0.253 e. The number of piperidine rings is 1. The topological polar surface area (TPSA) is 97.5 Å². The van der Waals surface area contributed by atoms with E-state index in [4.69, 9.17) is 5.73 Å². The van der Waals surface area contributed by atoms with Crippen molar-refractivity contribution in [2.24, 2.45) is 11.7 Å². The Hall–Kier alpha value is -2.51. The van der Waals surface area contributed by atoms with Gasteiger partial charge in [-0.1, -0.05) is 12.1 Å². The fourth-order valence-electron chi connectivity index (χ4n) is 4.03. The van der Waals surface area contributed by atoms with Gasteiger partial charge in [-0.2, -0.15) is 0 Å². The van der Waals surface area contributed by atoms with E-state index in [0.29, 0.717) is 19.0 Å². The molecule has 2 aromatic carbocycles. The van der Waals surface area contributed by atoms with Gasteiger partial charge in [-0.25, -0.2) is 8.42 Å². The summed E-state index contributed by atoms with van der Waals surface area (Å²) in [7, 11) is -3.85. The van der Waals surface area contributed by atoms with Crippen LogP contribution in [0.4, 0.5) is 0 Å². The van der Waals surface area contributed by atoms with Crippen LogP contribution in [0.5, 0.6) is 0 Å². The minimum absolute atomic E-state index is 0.00477. The maximum Gasteiger partial charge on any atom is 0.253 e. The highest BCUT2D eigenvalue weighted by atomic mass is 32.2. The van der Waals surface area contributed by atoms with Crippen LogP contribution in [0.25, 0.3) is 0 Å². The Kier molecular flexibility index (Phi) is 4.59. The number of fused-ring (bicyclic) bond motifs is 2. The van der Waals surface area contributed by atoms with Crippen LogP contribution in [0.2, 0.25) is 0 Å². The molecule has 1 saturated heterocycles. The zero-order chi connectivity index (χ0) is 20.1. The van der Waals surface area contributed by atoms with Crippen molar-refractivity contribution in [2.75, 3.05) is 13.1 Å². The van der Waals surface area contributed by atoms with Gasteiger partial charge in [0.2, 0.25) is 9.84 Å². The zero-order valence-corrected chi connectivity index (χ0v) is 16.4. The second-order valence-corrected chi connectivity index (χ2v) is 9.41. The van der Waals surface area contributed by atoms with Crippen LogP contribution in [-0.2, 0) is 9.84 Å². The summed E-state index contributed by atoms with van der Waals surface area (Å²) >= 11 is 0. The Morgan fingerprint density at radius 2 is 1.71 bits per heavy atom. The molecule has 0 radical (unpaired) electrons. The van der Waals surface area contributed by atoms with Crippen molar-refractivity contribution in [3.8, 4) is 0 Å². The number of benzene rings is 2. The maximum atomic E-state index is 13.0. The van der Waals surface area contributed by atoms with Crippen molar-refractivity contribution in [1.82, 2.24) is 4.90 Å². The van der Waals surface area contributed by atoms with Crippen molar-refractivity contribution >= 4 is 21.5 Å². The quantitative estimate of drug-likeness (QED) is 0.714. The highest BCUT2D eigenvalue weighted by molar-refractivity contribution is 7.91. The number of ketones is 1. The lowest BCUT2D eigenvalue weighted by Gasteiger charge is -2.34. The first kappa shape index (κ1) is 18.8. The molecule has 0 aliphatic carbocycles. The number of likely N-dealkylation sites (tertiary alicyclic amines) is 1. The molecule has 2 aromatic rings. The van der Waals surface area contributed by atoms with Crippen LogP contribution >= 0.6 is 0 Å². The number of nitrogens with zero attached hydrogens (tertiary/aromatic N) is 1. The first-order valence-corrected chi connectivity index (χ1v) is 10.9. The summed E-state index contributed by atoms with van der Waals surface area (Å²) in [5.41, 5.74) is 6.53. The standard InChI is InChI=1S/C21H22N2O4S/c1-13(22)14-8-10-23(11-9-14)21(25)15-6-7-17-19(12-15)28(26,27)18-5-3-2-4-16(18)20(17)24/h2-7,12-14H,8-11,22H2,1H3. The SMILES string of the molecule is CC(N)C1CCN(C(=O)c2ccc3c(c2)S(=O)(=O)c2ccccc2C3=O)CC1. The van der Waals surface area contributed by atoms with E-state index in [2.05, 4.69) is 0 Å². The summed E-state index contributed by atoms with van der Waals surface area (Å²) in [6, 6.07) is 10.6. The molecule has 0 saturated carbocycles. The lowest BCUT2D eigenvalue weighted by Crippen LogP contribution is -2.42. The Bertz CT molecular complexity index is 1070. The second-order valence-electron chi connectivity index (χ2n) is 7.53. The number of amides is 1. The van der Waals surface area contributed by atoms with Crippen LogP contribution in [0.15, 0.2) is 52.3 Å². The van der Waals surface area contributed by atoms with Crippen LogP contribution in [0.1, 0.15) is 46.0 Å². The van der Waals surface area contributed by atoms with Crippen LogP contribution < -0.4 is 5.73 Å². The molecular formula is C21H22N2O4S. The van der Waals surface area contributed by atoms with Gasteiger partial charge in [0.25, 0.3) is 5.91 Å². The van der Waals surface area contributed by atoms with E-state index in [-0.39, 0.29) is 44.2 Å². The molecule has 2 N–H and O–H groups in total. The van der Waals surface area contributed by atoms with Gasteiger partial charge in [-0.15, -0.1) is 0 Å². The van der Waals surface area contributed by atoms with Crippen LogP contribution in [0, 0.1) is 5.92 Å². The minimum atomic E-state index is -3.85. The summed E-state index contributed by atoms with van der Waals surface area (Å²) in [4.78, 5) is 27.3. The van der Waals surface area contributed by atoms with Crippen molar-refractivity contribution in [3.05, 3.63) is 59.2 Å². The van der Waals surface area contributed by atoms with Crippen LogP contribution in [0.3, 0.4) is 0 Å². The number of nitrogens with two attached hydrogens (primary N) is 1. The fourth-order valence-corrected chi connectivity index (χ4v) is 5.71. The van der Waals surface area contributed by atoms with E-state index < -0.39 is 9.84 Å². The van der Waals surface area contributed by atoms with E-state index in [0.717, 1.165) is 12.8 Å². The molecule has 1 unspecified atom stereocenters. The Balaban J connectivity index is 1.67. The fraction of sp³-hybridized carbons (Fsp3) is 0.333. The third-order valence-corrected chi connectivity index (χ3v) is 7.61.